The molecule has 0 radical (unpaired) electrons. The Labute approximate surface area is 177 Å². The van der Waals surface area contributed by atoms with Crippen LogP contribution < -0.4 is 21.0 Å². The molecule has 4 N–H and O–H groups in total. The van der Waals surface area contributed by atoms with E-state index < -0.39 is 6.04 Å². The Kier molecular flexibility index (Phi) is 7.78. The smallest absolute Gasteiger partial charge is 0.256 e. The normalized spacial score (nSPS) is 16.7. The van der Waals surface area contributed by atoms with Crippen molar-refractivity contribution in [1.29, 1.82) is 0 Å². The Bertz CT molecular complexity index is 816. The van der Waals surface area contributed by atoms with E-state index in [2.05, 4.69) is 43.0 Å². The molecular formula is C21H31N7O2. The van der Waals surface area contributed by atoms with Crippen molar-refractivity contribution in [3.63, 3.8) is 0 Å². The molecule has 9 heteroatoms. The number of rotatable bonds is 9. The van der Waals surface area contributed by atoms with Crippen LogP contribution in [-0.2, 0) is 11.2 Å². The fraction of sp³-hybridized carbons (Fsp3) is 0.524. The van der Waals surface area contributed by atoms with Gasteiger partial charge in [0.25, 0.3) is 5.95 Å². The average Bonchev–Trinajstić information content (AvgIpc) is 2.95. The molecule has 1 saturated heterocycles. The fourth-order valence-corrected chi connectivity index (χ4v) is 3.21. The second-order valence-electron chi connectivity index (χ2n) is 7.72. The maximum absolute atomic E-state index is 12.3. The maximum atomic E-state index is 12.3. The van der Waals surface area contributed by atoms with Crippen LogP contribution in [-0.4, -0.2) is 51.2 Å². The summed E-state index contributed by atoms with van der Waals surface area (Å²) in [5.74, 6) is 0.718. The van der Waals surface area contributed by atoms with Gasteiger partial charge in [-0.15, -0.1) is 0 Å². The first kappa shape index (κ1) is 21.8. The molecule has 1 amide bonds. The van der Waals surface area contributed by atoms with Crippen molar-refractivity contribution in [2.75, 3.05) is 28.8 Å². The molecule has 0 bridgehead atoms. The third kappa shape index (κ3) is 6.28. The van der Waals surface area contributed by atoms with Crippen LogP contribution in [0.1, 0.15) is 45.1 Å². The number of anilines is 3. The third-order valence-corrected chi connectivity index (χ3v) is 4.92. The van der Waals surface area contributed by atoms with Crippen molar-refractivity contribution < 1.29 is 10.0 Å². The molecule has 2 heterocycles. The molecule has 1 atom stereocenters. The minimum absolute atomic E-state index is 0.0588. The first-order valence-electron chi connectivity index (χ1n) is 10.6. The molecule has 1 aromatic carbocycles. The van der Waals surface area contributed by atoms with E-state index in [0.29, 0.717) is 25.5 Å². The summed E-state index contributed by atoms with van der Waals surface area (Å²) in [4.78, 5) is 25.3. The van der Waals surface area contributed by atoms with E-state index in [1.807, 2.05) is 32.0 Å². The number of nitrogens with one attached hydrogen (secondary N) is 3. The summed E-state index contributed by atoms with van der Waals surface area (Å²) in [6.07, 6.45) is 4.46. The monoisotopic (exact) mass is 413 g/mol. The van der Waals surface area contributed by atoms with E-state index in [0.717, 1.165) is 30.7 Å². The number of hydrogen-bond acceptors (Lipinski definition) is 8. The van der Waals surface area contributed by atoms with Gasteiger partial charge < -0.3 is 16.0 Å². The number of aryl methyl sites for hydroxylation is 1. The molecule has 0 spiro atoms. The van der Waals surface area contributed by atoms with Crippen LogP contribution >= 0.6 is 0 Å². The summed E-state index contributed by atoms with van der Waals surface area (Å²) in [5.41, 5.74) is 1.28. The lowest BCUT2D eigenvalue weighted by atomic mass is 10.1. The van der Waals surface area contributed by atoms with Gasteiger partial charge in [0, 0.05) is 13.1 Å². The summed E-state index contributed by atoms with van der Waals surface area (Å²) >= 11 is 0. The number of carbonyl (C=O) groups excluding carboxylic acids is 1. The Morgan fingerprint density at radius 1 is 1.17 bits per heavy atom. The minimum atomic E-state index is -0.403. The van der Waals surface area contributed by atoms with Crippen LogP contribution in [0.3, 0.4) is 0 Å². The van der Waals surface area contributed by atoms with E-state index in [1.165, 1.54) is 5.56 Å². The summed E-state index contributed by atoms with van der Waals surface area (Å²) in [7, 11) is 0. The lowest BCUT2D eigenvalue weighted by Gasteiger charge is -2.21. The second kappa shape index (κ2) is 10.7. The van der Waals surface area contributed by atoms with Gasteiger partial charge in [-0.05, 0) is 51.5 Å². The standard InChI is InChI=1S/C21H31N7O2/c1-15(2)28(30)21-26-19(23-14-8-11-16-9-4-3-5-10-16)25-20(27-21)24-17-12-6-7-13-22-18(17)29/h3-5,9-10,15,17,30H,6-8,11-14H2,1-2H3,(H,22,29)(H2,23,24,25,26,27). The Morgan fingerprint density at radius 2 is 1.93 bits per heavy atom. The van der Waals surface area contributed by atoms with Crippen LogP contribution in [0.15, 0.2) is 30.3 Å². The zero-order valence-corrected chi connectivity index (χ0v) is 17.6. The fourth-order valence-electron chi connectivity index (χ4n) is 3.21. The summed E-state index contributed by atoms with van der Waals surface area (Å²) in [6.45, 7) is 5.03. The highest BCUT2D eigenvalue weighted by Crippen LogP contribution is 2.17. The molecule has 1 aliphatic rings. The van der Waals surface area contributed by atoms with Crippen molar-refractivity contribution in [3.8, 4) is 0 Å². The van der Waals surface area contributed by atoms with Crippen molar-refractivity contribution in [3.05, 3.63) is 35.9 Å². The number of aromatic nitrogens is 3. The maximum Gasteiger partial charge on any atom is 0.256 e. The van der Waals surface area contributed by atoms with Gasteiger partial charge >= 0.3 is 0 Å². The first-order chi connectivity index (χ1) is 14.5. The zero-order chi connectivity index (χ0) is 21.3. The molecular weight excluding hydrogens is 382 g/mol. The van der Waals surface area contributed by atoms with E-state index >= 15 is 0 Å². The zero-order valence-electron chi connectivity index (χ0n) is 17.6. The van der Waals surface area contributed by atoms with Crippen molar-refractivity contribution in [2.24, 2.45) is 0 Å². The highest BCUT2D eigenvalue weighted by atomic mass is 16.5. The molecule has 1 unspecified atom stereocenters. The third-order valence-electron chi connectivity index (χ3n) is 4.92. The SMILES string of the molecule is CC(C)N(O)c1nc(NCCCc2ccccc2)nc(NC2CCCCNC2=O)n1. The van der Waals surface area contributed by atoms with Gasteiger partial charge in [0.2, 0.25) is 17.8 Å². The van der Waals surface area contributed by atoms with E-state index in [4.69, 9.17) is 0 Å². The van der Waals surface area contributed by atoms with E-state index in [9.17, 15) is 10.0 Å². The lowest BCUT2D eigenvalue weighted by Crippen LogP contribution is -2.38. The van der Waals surface area contributed by atoms with Gasteiger partial charge in [-0.2, -0.15) is 15.0 Å². The van der Waals surface area contributed by atoms with Crippen molar-refractivity contribution in [2.45, 2.75) is 58.0 Å². The van der Waals surface area contributed by atoms with Gasteiger partial charge in [-0.25, -0.2) is 5.06 Å². The van der Waals surface area contributed by atoms with Gasteiger partial charge in [-0.1, -0.05) is 30.3 Å². The molecule has 162 valence electrons. The number of hydroxylamine groups is 1. The van der Waals surface area contributed by atoms with Crippen molar-refractivity contribution >= 4 is 23.8 Å². The van der Waals surface area contributed by atoms with Crippen LogP contribution in [0, 0.1) is 0 Å². The summed E-state index contributed by atoms with van der Waals surface area (Å²) in [6, 6.07) is 9.67. The van der Waals surface area contributed by atoms with Gasteiger partial charge in [-0.3, -0.25) is 10.0 Å². The van der Waals surface area contributed by atoms with Crippen LogP contribution in [0.25, 0.3) is 0 Å². The van der Waals surface area contributed by atoms with Gasteiger partial charge in [0.05, 0.1) is 6.04 Å². The topological polar surface area (TPSA) is 115 Å². The first-order valence-corrected chi connectivity index (χ1v) is 10.6. The summed E-state index contributed by atoms with van der Waals surface area (Å²) in [5, 5.41) is 20.5. The second-order valence-corrected chi connectivity index (χ2v) is 7.72. The Hall–Kier alpha value is -2.94. The Balaban J connectivity index is 1.68. The lowest BCUT2D eigenvalue weighted by molar-refractivity contribution is -0.121. The molecule has 1 aromatic heterocycles. The summed E-state index contributed by atoms with van der Waals surface area (Å²) < 4.78 is 0. The predicted molar refractivity (Wildman–Crippen MR) is 117 cm³/mol. The van der Waals surface area contributed by atoms with Crippen molar-refractivity contribution in [1.82, 2.24) is 20.3 Å². The minimum Gasteiger partial charge on any atom is -0.354 e. The predicted octanol–water partition coefficient (Wildman–Crippen LogP) is 2.60. The number of carbonyl (C=O) groups is 1. The molecule has 2 aromatic rings. The average molecular weight is 414 g/mol. The quantitative estimate of drug-likeness (QED) is 0.366. The molecule has 1 aliphatic heterocycles. The Morgan fingerprint density at radius 3 is 2.70 bits per heavy atom. The molecule has 30 heavy (non-hydrogen) atoms. The number of benzene rings is 1. The molecule has 0 aliphatic carbocycles. The molecule has 0 saturated carbocycles. The van der Waals surface area contributed by atoms with Crippen LogP contribution in [0.4, 0.5) is 17.8 Å². The highest BCUT2D eigenvalue weighted by molar-refractivity contribution is 5.84. The van der Waals surface area contributed by atoms with Gasteiger partial charge in [0.15, 0.2) is 0 Å². The molecule has 3 rings (SSSR count). The van der Waals surface area contributed by atoms with Crippen LogP contribution in [0.2, 0.25) is 0 Å². The largest absolute Gasteiger partial charge is 0.354 e. The molecule has 1 fully saturated rings. The molecule has 9 nitrogen and oxygen atoms in total. The van der Waals surface area contributed by atoms with E-state index in [1.54, 1.807) is 0 Å². The van der Waals surface area contributed by atoms with Gasteiger partial charge in [0.1, 0.15) is 6.04 Å². The number of amides is 1. The number of nitrogens with zero attached hydrogens (tertiary/aromatic N) is 4. The van der Waals surface area contributed by atoms with E-state index in [-0.39, 0.29) is 23.8 Å². The van der Waals surface area contributed by atoms with Crippen LogP contribution in [0.5, 0.6) is 0 Å². The number of hydrogen-bond donors (Lipinski definition) is 4. The highest BCUT2D eigenvalue weighted by Gasteiger charge is 2.23.